The van der Waals surface area contributed by atoms with Crippen LogP contribution in [0.25, 0.3) is 0 Å². The molecule has 1 rings (SSSR count). The summed E-state index contributed by atoms with van der Waals surface area (Å²) in [4.78, 5) is 2.64. The number of piperidine rings is 1. The molecule has 0 bridgehead atoms. The van der Waals surface area contributed by atoms with E-state index < -0.39 is 0 Å². The van der Waals surface area contributed by atoms with Gasteiger partial charge in [0.05, 0.1) is 0 Å². The molecule has 0 radical (unpaired) electrons. The van der Waals surface area contributed by atoms with Crippen LogP contribution in [-0.4, -0.2) is 27.5 Å². The molecule has 1 fully saturated rings. The van der Waals surface area contributed by atoms with E-state index in [0.717, 1.165) is 11.8 Å². The number of halogens is 1. The molecule has 0 N–H and O–H groups in total. The lowest BCUT2D eigenvalue weighted by Gasteiger charge is -2.44. The molecule has 0 aromatic heterocycles. The van der Waals surface area contributed by atoms with Gasteiger partial charge in [0, 0.05) is 22.6 Å². The highest BCUT2D eigenvalue weighted by molar-refractivity contribution is 14.1. The van der Waals surface area contributed by atoms with Crippen molar-refractivity contribution in [1.82, 2.24) is 4.90 Å². The molecular weight excluding hydrogens is 285 g/mol. The van der Waals surface area contributed by atoms with Crippen LogP contribution >= 0.6 is 22.6 Å². The van der Waals surface area contributed by atoms with Crippen molar-refractivity contribution in [2.75, 3.05) is 13.1 Å². The highest BCUT2D eigenvalue weighted by Crippen LogP contribution is 2.36. The molecule has 14 heavy (non-hydrogen) atoms. The first kappa shape index (κ1) is 12.8. The van der Waals surface area contributed by atoms with Gasteiger partial charge in [-0.05, 0) is 39.0 Å². The number of hydrogen-bond donors (Lipinski definition) is 0. The maximum Gasteiger partial charge on any atom is 0.0324 e. The fourth-order valence-electron chi connectivity index (χ4n) is 2.30. The summed E-state index contributed by atoms with van der Waals surface area (Å²) in [5.74, 6) is 1.71. The number of alkyl halides is 1. The summed E-state index contributed by atoms with van der Waals surface area (Å²) >= 11 is 2.65. The third-order valence-corrected chi connectivity index (χ3v) is 4.14. The van der Waals surface area contributed by atoms with E-state index in [1.807, 2.05) is 0 Å². The van der Waals surface area contributed by atoms with Crippen LogP contribution in [-0.2, 0) is 0 Å². The van der Waals surface area contributed by atoms with Crippen LogP contribution < -0.4 is 0 Å². The Balaban J connectivity index is 2.67. The first-order valence-corrected chi connectivity index (χ1v) is 6.82. The molecule has 1 saturated heterocycles. The SMILES string of the molecule is CC(C)C1CN(C(C)C)CC(C)(I)C1. The fraction of sp³-hybridized carbons (Fsp3) is 1.00. The first-order chi connectivity index (χ1) is 6.32. The molecular formula is C12H24IN. The number of hydrogen-bond acceptors (Lipinski definition) is 1. The van der Waals surface area contributed by atoms with Crippen molar-refractivity contribution in [1.29, 1.82) is 0 Å². The third-order valence-electron chi connectivity index (χ3n) is 3.36. The van der Waals surface area contributed by atoms with Crippen molar-refractivity contribution in [2.24, 2.45) is 11.8 Å². The normalized spacial score (nSPS) is 35.6. The van der Waals surface area contributed by atoms with Crippen LogP contribution in [0.15, 0.2) is 0 Å². The zero-order chi connectivity index (χ0) is 10.9. The minimum Gasteiger partial charge on any atom is -0.299 e. The lowest BCUT2D eigenvalue weighted by Crippen LogP contribution is -2.50. The maximum absolute atomic E-state index is 2.65. The second-order valence-corrected chi connectivity index (χ2v) is 8.25. The van der Waals surface area contributed by atoms with Gasteiger partial charge < -0.3 is 0 Å². The minimum atomic E-state index is 0.481. The predicted octanol–water partition coefficient (Wildman–Crippen LogP) is 3.57. The zero-order valence-electron chi connectivity index (χ0n) is 10.2. The Bertz CT molecular complexity index is 169. The zero-order valence-corrected chi connectivity index (χ0v) is 12.3. The topological polar surface area (TPSA) is 3.24 Å². The molecule has 1 heterocycles. The molecule has 1 aliphatic heterocycles. The number of likely N-dealkylation sites (tertiary alicyclic amines) is 1. The Labute approximate surface area is 103 Å². The summed E-state index contributed by atoms with van der Waals surface area (Å²) in [7, 11) is 0. The van der Waals surface area contributed by atoms with E-state index in [2.05, 4.69) is 62.1 Å². The fourth-order valence-corrected chi connectivity index (χ4v) is 3.31. The van der Waals surface area contributed by atoms with E-state index in [1.54, 1.807) is 0 Å². The van der Waals surface area contributed by atoms with Gasteiger partial charge in [0.15, 0.2) is 0 Å². The third kappa shape index (κ3) is 3.37. The summed E-state index contributed by atoms with van der Waals surface area (Å²) in [6, 6.07) is 0.700. The van der Waals surface area contributed by atoms with E-state index in [1.165, 1.54) is 19.5 Å². The van der Waals surface area contributed by atoms with Gasteiger partial charge in [0.2, 0.25) is 0 Å². The number of nitrogens with zero attached hydrogens (tertiary/aromatic N) is 1. The summed E-state index contributed by atoms with van der Waals surface area (Å²) < 4.78 is 0.481. The standard InChI is InChI=1S/C12H24IN/c1-9(2)11-6-12(5,13)8-14(7-11)10(3)4/h9-11H,6-8H2,1-5H3. The van der Waals surface area contributed by atoms with Crippen LogP contribution in [0.4, 0.5) is 0 Å². The van der Waals surface area contributed by atoms with Gasteiger partial charge in [-0.25, -0.2) is 0 Å². The average Bonchev–Trinajstić information content (AvgIpc) is 2.01. The molecule has 2 atom stereocenters. The maximum atomic E-state index is 2.65. The lowest BCUT2D eigenvalue weighted by atomic mass is 9.82. The molecule has 0 aromatic rings. The van der Waals surface area contributed by atoms with Crippen molar-refractivity contribution in [2.45, 2.75) is 50.5 Å². The van der Waals surface area contributed by atoms with E-state index >= 15 is 0 Å². The monoisotopic (exact) mass is 309 g/mol. The van der Waals surface area contributed by atoms with Gasteiger partial charge in [0.1, 0.15) is 0 Å². The molecule has 0 aromatic carbocycles. The Kier molecular flexibility index (Phi) is 4.27. The lowest BCUT2D eigenvalue weighted by molar-refractivity contribution is 0.101. The van der Waals surface area contributed by atoms with Gasteiger partial charge in [-0.15, -0.1) is 0 Å². The van der Waals surface area contributed by atoms with Gasteiger partial charge in [-0.1, -0.05) is 36.4 Å². The van der Waals surface area contributed by atoms with Crippen molar-refractivity contribution in [3.8, 4) is 0 Å². The van der Waals surface area contributed by atoms with Gasteiger partial charge in [0.25, 0.3) is 0 Å². The van der Waals surface area contributed by atoms with Gasteiger partial charge in [-0.3, -0.25) is 4.90 Å². The van der Waals surface area contributed by atoms with Crippen LogP contribution in [0.5, 0.6) is 0 Å². The van der Waals surface area contributed by atoms with Crippen molar-refractivity contribution in [3.63, 3.8) is 0 Å². The molecule has 0 aliphatic carbocycles. The van der Waals surface area contributed by atoms with Crippen LogP contribution in [0.2, 0.25) is 0 Å². The molecule has 84 valence electrons. The van der Waals surface area contributed by atoms with Crippen molar-refractivity contribution < 1.29 is 0 Å². The Morgan fingerprint density at radius 2 is 1.86 bits per heavy atom. The van der Waals surface area contributed by atoms with Gasteiger partial charge >= 0.3 is 0 Å². The highest BCUT2D eigenvalue weighted by atomic mass is 127. The van der Waals surface area contributed by atoms with Crippen molar-refractivity contribution >= 4 is 22.6 Å². The van der Waals surface area contributed by atoms with E-state index in [-0.39, 0.29) is 0 Å². The smallest absolute Gasteiger partial charge is 0.0324 e. The Morgan fingerprint density at radius 1 is 1.29 bits per heavy atom. The van der Waals surface area contributed by atoms with E-state index in [9.17, 15) is 0 Å². The van der Waals surface area contributed by atoms with Gasteiger partial charge in [-0.2, -0.15) is 0 Å². The summed E-state index contributed by atoms with van der Waals surface area (Å²) in [6.07, 6.45) is 1.38. The highest BCUT2D eigenvalue weighted by Gasteiger charge is 2.35. The summed E-state index contributed by atoms with van der Waals surface area (Å²) in [5.41, 5.74) is 0. The molecule has 1 nitrogen and oxygen atoms in total. The molecule has 2 unspecified atom stereocenters. The van der Waals surface area contributed by atoms with Crippen LogP contribution in [0.3, 0.4) is 0 Å². The predicted molar refractivity (Wildman–Crippen MR) is 72.1 cm³/mol. The molecule has 1 aliphatic rings. The Morgan fingerprint density at radius 3 is 2.29 bits per heavy atom. The van der Waals surface area contributed by atoms with E-state index in [0.29, 0.717) is 9.46 Å². The number of rotatable bonds is 2. The molecule has 2 heteroatoms. The second kappa shape index (κ2) is 4.69. The second-order valence-electron chi connectivity index (χ2n) is 5.64. The largest absolute Gasteiger partial charge is 0.299 e. The Hall–Kier alpha value is 0.690. The van der Waals surface area contributed by atoms with E-state index in [4.69, 9.17) is 0 Å². The minimum absolute atomic E-state index is 0.481. The van der Waals surface area contributed by atoms with Crippen LogP contribution in [0, 0.1) is 11.8 Å². The quantitative estimate of drug-likeness (QED) is 0.557. The molecule has 0 amide bonds. The molecule has 0 spiro atoms. The first-order valence-electron chi connectivity index (χ1n) is 5.75. The molecule has 0 saturated carbocycles. The summed E-state index contributed by atoms with van der Waals surface area (Å²) in [5, 5.41) is 0. The van der Waals surface area contributed by atoms with Crippen molar-refractivity contribution in [3.05, 3.63) is 0 Å². The summed E-state index contributed by atoms with van der Waals surface area (Å²) in [6.45, 7) is 14.3. The van der Waals surface area contributed by atoms with Crippen LogP contribution in [0.1, 0.15) is 41.0 Å². The average molecular weight is 309 g/mol.